The van der Waals surface area contributed by atoms with Gasteiger partial charge < -0.3 is 10.6 Å². The van der Waals surface area contributed by atoms with Crippen LogP contribution in [0.5, 0.6) is 0 Å². The second kappa shape index (κ2) is 5.21. The summed E-state index contributed by atoms with van der Waals surface area (Å²) in [6, 6.07) is 4.47. The van der Waals surface area contributed by atoms with Gasteiger partial charge in [-0.05, 0) is 36.7 Å². The molecule has 1 aromatic carbocycles. The van der Waals surface area contributed by atoms with E-state index in [2.05, 4.69) is 10.6 Å². The van der Waals surface area contributed by atoms with E-state index in [1.807, 2.05) is 6.92 Å². The van der Waals surface area contributed by atoms with Crippen molar-refractivity contribution in [2.45, 2.75) is 13.1 Å². The van der Waals surface area contributed by atoms with E-state index in [9.17, 15) is 18.0 Å². The Hall–Kier alpha value is -1.56. The van der Waals surface area contributed by atoms with Gasteiger partial charge in [0, 0.05) is 12.2 Å². The summed E-state index contributed by atoms with van der Waals surface area (Å²) < 4.78 is 37.2. The standard InChI is InChI=1S/C13H15F3N2O/c1-8-6-17-7-11(8)12(19)18-10-4-2-9(3-5-10)13(14,15)16/h2-5,8,11,17H,6-7H2,1H3,(H,18,19). The lowest BCUT2D eigenvalue weighted by Gasteiger charge is -2.14. The van der Waals surface area contributed by atoms with E-state index in [0.29, 0.717) is 12.2 Å². The SMILES string of the molecule is CC1CNCC1C(=O)Nc1ccc(C(F)(F)F)cc1. The Morgan fingerprint density at radius 2 is 1.89 bits per heavy atom. The number of benzene rings is 1. The molecule has 0 aromatic heterocycles. The number of nitrogens with one attached hydrogen (secondary N) is 2. The first-order valence-corrected chi connectivity index (χ1v) is 6.07. The highest BCUT2D eigenvalue weighted by Gasteiger charge is 2.31. The van der Waals surface area contributed by atoms with Crippen molar-refractivity contribution in [1.29, 1.82) is 0 Å². The van der Waals surface area contributed by atoms with Crippen LogP contribution in [0.4, 0.5) is 18.9 Å². The van der Waals surface area contributed by atoms with Crippen LogP contribution in [0.25, 0.3) is 0 Å². The van der Waals surface area contributed by atoms with Crippen molar-refractivity contribution in [3.05, 3.63) is 29.8 Å². The summed E-state index contributed by atoms with van der Waals surface area (Å²) in [5, 5.41) is 5.75. The normalized spacial score (nSPS) is 23.4. The Morgan fingerprint density at radius 3 is 2.37 bits per heavy atom. The summed E-state index contributed by atoms with van der Waals surface area (Å²) in [6.07, 6.45) is -4.35. The summed E-state index contributed by atoms with van der Waals surface area (Å²) in [6.45, 7) is 3.36. The molecule has 0 saturated carbocycles. The summed E-state index contributed by atoms with van der Waals surface area (Å²) in [5.41, 5.74) is -0.335. The second-order valence-electron chi connectivity index (χ2n) is 4.81. The number of halogens is 3. The van der Waals surface area contributed by atoms with Crippen LogP contribution in [0.3, 0.4) is 0 Å². The molecule has 1 aliphatic rings. The van der Waals surface area contributed by atoms with Crippen LogP contribution < -0.4 is 10.6 Å². The molecule has 6 heteroatoms. The predicted octanol–water partition coefficient (Wildman–Crippen LogP) is 2.50. The average molecular weight is 272 g/mol. The van der Waals surface area contributed by atoms with Gasteiger partial charge in [0.1, 0.15) is 0 Å². The molecular formula is C13H15F3N2O. The minimum Gasteiger partial charge on any atom is -0.326 e. The molecule has 1 amide bonds. The van der Waals surface area contributed by atoms with E-state index in [0.717, 1.165) is 18.7 Å². The summed E-state index contributed by atoms with van der Waals surface area (Å²) in [5.74, 6) is -0.0611. The van der Waals surface area contributed by atoms with Crippen LogP contribution in [0.2, 0.25) is 0 Å². The third-order valence-corrected chi connectivity index (χ3v) is 3.33. The lowest BCUT2D eigenvalue weighted by molar-refractivity contribution is -0.137. The highest BCUT2D eigenvalue weighted by Crippen LogP contribution is 2.30. The number of alkyl halides is 3. The van der Waals surface area contributed by atoms with Gasteiger partial charge in [-0.1, -0.05) is 6.92 Å². The van der Waals surface area contributed by atoms with E-state index in [-0.39, 0.29) is 17.7 Å². The van der Waals surface area contributed by atoms with Crippen LogP contribution in [-0.4, -0.2) is 19.0 Å². The molecule has 19 heavy (non-hydrogen) atoms. The van der Waals surface area contributed by atoms with Gasteiger partial charge in [0.15, 0.2) is 0 Å². The molecule has 2 N–H and O–H groups in total. The van der Waals surface area contributed by atoms with Gasteiger partial charge in [-0.15, -0.1) is 0 Å². The number of amides is 1. The first-order valence-electron chi connectivity index (χ1n) is 6.07. The third-order valence-electron chi connectivity index (χ3n) is 3.33. The largest absolute Gasteiger partial charge is 0.416 e. The summed E-state index contributed by atoms with van der Waals surface area (Å²) in [4.78, 5) is 11.9. The van der Waals surface area contributed by atoms with Gasteiger partial charge in [-0.25, -0.2) is 0 Å². The molecular weight excluding hydrogens is 257 g/mol. The minimum atomic E-state index is -4.35. The molecule has 3 nitrogen and oxygen atoms in total. The average Bonchev–Trinajstić information content (AvgIpc) is 2.75. The number of carbonyl (C=O) groups is 1. The molecule has 1 aliphatic heterocycles. The van der Waals surface area contributed by atoms with Gasteiger partial charge in [0.25, 0.3) is 0 Å². The maximum atomic E-state index is 12.4. The molecule has 1 aromatic rings. The van der Waals surface area contributed by atoms with Crippen molar-refractivity contribution in [2.75, 3.05) is 18.4 Å². The van der Waals surface area contributed by atoms with Gasteiger partial charge >= 0.3 is 6.18 Å². The van der Waals surface area contributed by atoms with Crippen LogP contribution >= 0.6 is 0 Å². The zero-order valence-electron chi connectivity index (χ0n) is 10.4. The first kappa shape index (κ1) is 13.9. The van der Waals surface area contributed by atoms with Crippen molar-refractivity contribution >= 4 is 11.6 Å². The molecule has 2 rings (SSSR count). The molecule has 104 valence electrons. The molecule has 0 radical (unpaired) electrons. The Labute approximate surface area is 109 Å². The number of anilines is 1. The van der Waals surface area contributed by atoms with E-state index < -0.39 is 11.7 Å². The number of carbonyl (C=O) groups excluding carboxylic acids is 1. The van der Waals surface area contributed by atoms with Gasteiger partial charge in [0.2, 0.25) is 5.91 Å². The number of hydrogen-bond acceptors (Lipinski definition) is 2. The predicted molar refractivity (Wildman–Crippen MR) is 65.6 cm³/mol. The van der Waals surface area contributed by atoms with Crippen molar-refractivity contribution < 1.29 is 18.0 Å². The Kier molecular flexibility index (Phi) is 3.80. The maximum Gasteiger partial charge on any atom is 0.416 e. The van der Waals surface area contributed by atoms with Gasteiger partial charge in [-0.3, -0.25) is 4.79 Å². The summed E-state index contributed by atoms with van der Waals surface area (Å²) in [7, 11) is 0. The second-order valence-corrected chi connectivity index (χ2v) is 4.81. The highest BCUT2D eigenvalue weighted by molar-refractivity contribution is 5.93. The van der Waals surface area contributed by atoms with Crippen molar-refractivity contribution in [3.8, 4) is 0 Å². The molecule has 0 bridgehead atoms. The monoisotopic (exact) mass is 272 g/mol. The quantitative estimate of drug-likeness (QED) is 0.868. The van der Waals surface area contributed by atoms with E-state index >= 15 is 0 Å². The molecule has 1 saturated heterocycles. The lowest BCUT2D eigenvalue weighted by atomic mass is 9.97. The third kappa shape index (κ3) is 3.26. The topological polar surface area (TPSA) is 41.1 Å². The lowest BCUT2D eigenvalue weighted by Crippen LogP contribution is -2.27. The Bertz CT molecular complexity index is 456. The molecule has 0 aliphatic carbocycles. The van der Waals surface area contributed by atoms with Crippen LogP contribution in [0.15, 0.2) is 24.3 Å². The fraction of sp³-hybridized carbons (Fsp3) is 0.462. The number of rotatable bonds is 2. The zero-order valence-corrected chi connectivity index (χ0v) is 10.4. The van der Waals surface area contributed by atoms with Crippen LogP contribution in [-0.2, 0) is 11.0 Å². The Morgan fingerprint density at radius 1 is 1.26 bits per heavy atom. The molecule has 1 fully saturated rings. The Balaban J connectivity index is 2.02. The van der Waals surface area contributed by atoms with Crippen LogP contribution in [0.1, 0.15) is 12.5 Å². The van der Waals surface area contributed by atoms with E-state index in [1.54, 1.807) is 0 Å². The maximum absolute atomic E-state index is 12.4. The fourth-order valence-corrected chi connectivity index (χ4v) is 2.14. The van der Waals surface area contributed by atoms with Crippen molar-refractivity contribution in [1.82, 2.24) is 5.32 Å². The molecule has 1 heterocycles. The van der Waals surface area contributed by atoms with Crippen molar-refractivity contribution in [2.24, 2.45) is 11.8 Å². The van der Waals surface area contributed by atoms with Gasteiger partial charge in [-0.2, -0.15) is 13.2 Å². The highest BCUT2D eigenvalue weighted by atomic mass is 19.4. The number of hydrogen-bond donors (Lipinski definition) is 2. The smallest absolute Gasteiger partial charge is 0.326 e. The minimum absolute atomic E-state index is 0.137. The van der Waals surface area contributed by atoms with E-state index in [4.69, 9.17) is 0 Å². The van der Waals surface area contributed by atoms with Crippen molar-refractivity contribution in [3.63, 3.8) is 0 Å². The first-order chi connectivity index (χ1) is 8.88. The molecule has 0 spiro atoms. The molecule has 2 unspecified atom stereocenters. The zero-order chi connectivity index (χ0) is 14.0. The van der Waals surface area contributed by atoms with E-state index in [1.165, 1.54) is 12.1 Å². The molecule has 2 atom stereocenters. The van der Waals surface area contributed by atoms with Gasteiger partial charge in [0.05, 0.1) is 11.5 Å². The fourth-order valence-electron chi connectivity index (χ4n) is 2.14. The van der Waals surface area contributed by atoms with Crippen LogP contribution in [0, 0.1) is 11.8 Å². The summed E-state index contributed by atoms with van der Waals surface area (Å²) >= 11 is 0.